The monoisotopic (exact) mass is 343 g/mol. The molecule has 0 aromatic heterocycles. The van der Waals surface area contributed by atoms with Gasteiger partial charge in [0.15, 0.2) is 0 Å². The molecule has 0 amide bonds. The predicted molar refractivity (Wildman–Crippen MR) is 111 cm³/mol. The molecule has 2 aliphatic rings. The Morgan fingerprint density at radius 3 is 2.04 bits per heavy atom. The second-order valence-corrected chi connectivity index (χ2v) is 8.61. The average Bonchev–Trinajstić information content (AvgIpc) is 3.23. The molecule has 0 radical (unpaired) electrons. The number of fused-ring (bicyclic) bond motifs is 3. The topological polar surface area (TPSA) is 3.24 Å². The molecule has 2 aromatic carbocycles. The first-order valence-corrected chi connectivity index (χ1v) is 9.70. The zero-order valence-electron chi connectivity index (χ0n) is 16.4. The summed E-state index contributed by atoms with van der Waals surface area (Å²) >= 11 is 0. The molecule has 2 aromatic rings. The van der Waals surface area contributed by atoms with Gasteiger partial charge in [0, 0.05) is 18.4 Å². The molecule has 0 N–H and O–H groups in total. The zero-order valence-corrected chi connectivity index (χ0v) is 16.4. The minimum absolute atomic E-state index is 0.138. The number of rotatable bonds is 5. The van der Waals surface area contributed by atoms with E-state index in [1.807, 2.05) is 0 Å². The summed E-state index contributed by atoms with van der Waals surface area (Å²) in [5.41, 5.74) is 7.43. The third-order valence-electron chi connectivity index (χ3n) is 6.20. The lowest BCUT2D eigenvalue weighted by molar-refractivity contribution is 0.267. The van der Waals surface area contributed by atoms with E-state index in [0.29, 0.717) is 11.8 Å². The first-order chi connectivity index (χ1) is 12.5. The zero-order chi connectivity index (χ0) is 18.3. The van der Waals surface area contributed by atoms with Crippen molar-refractivity contribution in [2.75, 3.05) is 20.6 Å². The molecule has 4 rings (SSSR count). The average molecular weight is 344 g/mol. The van der Waals surface area contributed by atoms with Gasteiger partial charge in [-0.15, -0.1) is 0 Å². The van der Waals surface area contributed by atoms with E-state index in [0.717, 1.165) is 13.0 Å². The molecule has 1 atom stereocenters. The summed E-state index contributed by atoms with van der Waals surface area (Å²) in [4.78, 5) is 2.26. The van der Waals surface area contributed by atoms with Crippen molar-refractivity contribution in [2.45, 2.75) is 26.2 Å². The fourth-order valence-corrected chi connectivity index (χ4v) is 4.70. The van der Waals surface area contributed by atoms with E-state index in [4.69, 9.17) is 0 Å². The normalized spacial score (nSPS) is 19.0. The van der Waals surface area contributed by atoms with Gasteiger partial charge in [-0.3, -0.25) is 0 Å². The van der Waals surface area contributed by atoms with Gasteiger partial charge < -0.3 is 4.90 Å². The molecule has 0 fully saturated rings. The Balaban J connectivity index is 1.70. The van der Waals surface area contributed by atoms with E-state index >= 15 is 0 Å². The number of hydrogen-bond donors (Lipinski definition) is 0. The quantitative estimate of drug-likeness (QED) is 0.654. The Morgan fingerprint density at radius 1 is 0.885 bits per heavy atom. The van der Waals surface area contributed by atoms with Gasteiger partial charge in [0.2, 0.25) is 0 Å². The molecule has 0 aliphatic heterocycles. The second kappa shape index (κ2) is 6.55. The second-order valence-electron chi connectivity index (χ2n) is 8.61. The molecule has 1 heteroatoms. The van der Waals surface area contributed by atoms with Crippen LogP contribution < -0.4 is 0 Å². The van der Waals surface area contributed by atoms with Crippen LogP contribution in [0.25, 0.3) is 11.1 Å². The van der Waals surface area contributed by atoms with E-state index in [1.54, 1.807) is 0 Å². The van der Waals surface area contributed by atoms with E-state index < -0.39 is 0 Å². The molecule has 1 nitrogen and oxygen atoms in total. The van der Waals surface area contributed by atoms with Crippen molar-refractivity contribution in [1.29, 1.82) is 0 Å². The summed E-state index contributed by atoms with van der Waals surface area (Å²) in [7, 11) is 4.29. The van der Waals surface area contributed by atoms with Crippen molar-refractivity contribution < 1.29 is 0 Å². The third-order valence-corrected chi connectivity index (χ3v) is 6.20. The van der Waals surface area contributed by atoms with Gasteiger partial charge in [-0.05, 0) is 48.2 Å². The molecule has 134 valence electrons. The van der Waals surface area contributed by atoms with E-state index in [-0.39, 0.29) is 5.41 Å². The molecular formula is C25H29N. The lowest BCUT2D eigenvalue weighted by Gasteiger charge is -2.37. The molecule has 2 aliphatic carbocycles. The molecule has 1 unspecified atom stereocenters. The van der Waals surface area contributed by atoms with Crippen molar-refractivity contribution in [3.8, 4) is 11.1 Å². The number of nitrogens with zero attached hydrogens (tertiary/aromatic N) is 1. The van der Waals surface area contributed by atoms with Crippen LogP contribution in [0.15, 0.2) is 72.3 Å². The molecule has 0 spiro atoms. The van der Waals surface area contributed by atoms with Crippen molar-refractivity contribution in [1.82, 2.24) is 4.90 Å². The number of benzene rings is 2. The van der Waals surface area contributed by atoms with Crippen LogP contribution in [0.1, 0.15) is 37.3 Å². The Labute approximate surface area is 158 Å². The highest BCUT2D eigenvalue weighted by Gasteiger charge is 2.42. The first kappa shape index (κ1) is 17.3. The van der Waals surface area contributed by atoms with Gasteiger partial charge in [-0.1, -0.05) is 86.2 Å². The highest BCUT2D eigenvalue weighted by molar-refractivity contribution is 5.79. The van der Waals surface area contributed by atoms with Gasteiger partial charge in [0.05, 0.1) is 0 Å². The Hall–Kier alpha value is -2.12. The van der Waals surface area contributed by atoms with Crippen LogP contribution in [0.4, 0.5) is 0 Å². The van der Waals surface area contributed by atoms with Gasteiger partial charge in [-0.2, -0.15) is 0 Å². The maximum Gasteiger partial charge on any atom is 0.0161 e. The van der Waals surface area contributed by atoms with Crippen LogP contribution in [-0.4, -0.2) is 25.5 Å². The highest BCUT2D eigenvalue weighted by Crippen LogP contribution is 2.56. The van der Waals surface area contributed by atoms with Crippen LogP contribution in [0.2, 0.25) is 0 Å². The van der Waals surface area contributed by atoms with E-state index in [9.17, 15) is 0 Å². The Bertz CT molecular complexity index is 824. The van der Waals surface area contributed by atoms with Gasteiger partial charge >= 0.3 is 0 Å². The van der Waals surface area contributed by atoms with Gasteiger partial charge in [0.1, 0.15) is 0 Å². The lowest BCUT2D eigenvalue weighted by atomic mass is 9.66. The molecular weight excluding hydrogens is 314 g/mol. The predicted octanol–water partition coefficient (Wildman–Crippen LogP) is 5.89. The van der Waals surface area contributed by atoms with Crippen molar-refractivity contribution in [3.63, 3.8) is 0 Å². The number of allylic oxidation sites excluding steroid dienone is 3. The SMILES string of the molecule is CN(C)CCC1=CC(C(C)(C)C2c3ccccc3-c3ccccc32)C=C1. The van der Waals surface area contributed by atoms with Crippen molar-refractivity contribution >= 4 is 0 Å². The van der Waals surface area contributed by atoms with Crippen LogP contribution in [0.5, 0.6) is 0 Å². The van der Waals surface area contributed by atoms with Crippen LogP contribution in [0, 0.1) is 11.3 Å². The summed E-state index contributed by atoms with van der Waals surface area (Å²) in [6.45, 7) is 5.99. The molecule has 0 heterocycles. The smallest absolute Gasteiger partial charge is 0.0161 e. The molecule has 0 saturated carbocycles. The third kappa shape index (κ3) is 2.85. The molecule has 26 heavy (non-hydrogen) atoms. The van der Waals surface area contributed by atoms with Crippen LogP contribution in [-0.2, 0) is 0 Å². The highest BCUT2D eigenvalue weighted by atomic mass is 15.0. The fraction of sp³-hybridized carbons (Fsp3) is 0.360. The van der Waals surface area contributed by atoms with Gasteiger partial charge in [-0.25, -0.2) is 0 Å². The summed E-state index contributed by atoms with van der Waals surface area (Å²) in [6.07, 6.45) is 8.41. The number of hydrogen-bond acceptors (Lipinski definition) is 1. The summed E-state index contributed by atoms with van der Waals surface area (Å²) in [5, 5.41) is 0. The molecule has 0 saturated heterocycles. The van der Waals surface area contributed by atoms with Crippen molar-refractivity contribution in [3.05, 3.63) is 83.5 Å². The maximum atomic E-state index is 2.51. The Kier molecular flexibility index (Phi) is 4.36. The van der Waals surface area contributed by atoms with Crippen LogP contribution in [0.3, 0.4) is 0 Å². The lowest BCUT2D eigenvalue weighted by Crippen LogP contribution is -2.28. The van der Waals surface area contributed by atoms with E-state index in [1.165, 1.54) is 27.8 Å². The standard InChI is InChI=1S/C25H29N/c1-25(2,19-14-13-18(17-19)15-16-26(3)4)24-22-11-7-5-9-20(22)21-10-6-8-12-23(21)24/h5-14,17,19,24H,15-16H2,1-4H3. The first-order valence-electron chi connectivity index (χ1n) is 9.70. The van der Waals surface area contributed by atoms with Gasteiger partial charge in [0.25, 0.3) is 0 Å². The maximum absolute atomic E-state index is 2.51. The summed E-state index contributed by atoms with van der Waals surface area (Å²) < 4.78 is 0. The van der Waals surface area contributed by atoms with Crippen molar-refractivity contribution in [2.24, 2.45) is 11.3 Å². The Morgan fingerprint density at radius 2 is 1.46 bits per heavy atom. The van der Waals surface area contributed by atoms with Crippen LogP contribution >= 0.6 is 0 Å². The largest absolute Gasteiger partial charge is 0.309 e. The summed E-state index contributed by atoms with van der Waals surface area (Å²) in [5.74, 6) is 0.915. The summed E-state index contributed by atoms with van der Waals surface area (Å²) in [6, 6.07) is 17.9. The molecule has 0 bridgehead atoms. The fourth-order valence-electron chi connectivity index (χ4n) is 4.70. The minimum Gasteiger partial charge on any atom is -0.309 e. The van der Waals surface area contributed by atoms with E-state index in [2.05, 4.69) is 99.6 Å². The minimum atomic E-state index is 0.138.